The third kappa shape index (κ3) is 2.94. The fraction of sp³-hybridized carbons (Fsp3) is 0.231. The average Bonchev–Trinajstić information content (AvgIpc) is 2.29. The topological polar surface area (TPSA) is 78.4 Å². The number of carboxylic acid groups (broad SMARTS) is 1. The summed E-state index contributed by atoms with van der Waals surface area (Å²) < 4.78 is 0. The molecule has 0 radical (unpaired) electrons. The van der Waals surface area contributed by atoms with E-state index in [-0.39, 0.29) is 16.5 Å². The first-order chi connectivity index (χ1) is 8.99. The van der Waals surface area contributed by atoms with E-state index < -0.39 is 5.97 Å². The van der Waals surface area contributed by atoms with Crippen LogP contribution in [0.5, 0.6) is 0 Å². The van der Waals surface area contributed by atoms with Crippen LogP contribution in [0.25, 0.3) is 0 Å². The Morgan fingerprint density at radius 3 is 2.53 bits per heavy atom. The van der Waals surface area contributed by atoms with Gasteiger partial charge >= 0.3 is 5.97 Å². The van der Waals surface area contributed by atoms with Gasteiger partial charge in [-0.05, 0) is 30.7 Å². The molecule has 3 N–H and O–H groups in total. The molecule has 1 aromatic carbocycles. The van der Waals surface area contributed by atoms with Gasteiger partial charge in [-0.1, -0.05) is 11.6 Å². The van der Waals surface area contributed by atoms with Crippen molar-refractivity contribution in [1.82, 2.24) is 5.32 Å². The number of amides is 1. The number of carboxylic acids is 1. The van der Waals surface area contributed by atoms with Gasteiger partial charge in [0, 0.05) is 18.7 Å². The second kappa shape index (κ2) is 5.42. The highest BCUT2D eigenvalue weighted by molar-refractivity contribution is 6.34. The van der Waals surface area contributed by atoms with E-state index in [0.717, 1.165) is 18.7 Å². The zero-order valence-electron chi connectivity index (χ0n) is 10.3. The SMILES string of the molecule is CC(C(=O)Nc1ccc(C(=O)O)cc1Cl)=C1CNC1. The molecular formula is C13H13ClN2O3. The van der Waals surface area contributed by atoms with Gasteiger partial charge in [0.15, 0.2) is 0 Å². The molecule has 1 heterocycles. The lowest BCUT2D eigenvalue weighted by Gasteiger charge is -2.21. The number of hydrogen-bond acceptors (Lipinski definition) is 3. The van der Waals surface area contributed by atoms with Crippen LogP contribution in [-0.2, 0) is 4.79 Å². The monoisotopic (exact) mass is 280 g/mol. The van der Waals surface area contributed by atoms with Crippen molar-refractivity contribution in [3.8, 4) is 0 Å². The van der Waals surface area contributed by atoms with Crippen LogP contribution in [0.1, 0.15) is 17.3 Å². The van der Waals surface area contributed by atoms with Gasteiger partial charge in [-0.25, -0.2) is 4.79 Å². The van der Waals surface area contributed by atoms with Gasteiger partial charge < -0.3 is 15.7 Å². The second-order valence-corrected chi connectivity index (χ2v) is 4.69. The van der Waals surface area contributed by atoms with Gasteiger partial charge in [-0.15, -0.1) is 0 Å². The summed E-state index contributed by atoms with van der Waals surface area (Å²) in [5, 5.41) is 14.8. The minimum atomic E-state index is -1.06. The van der Waals surface area contributed by atoms with Crippen molar-refractivity contribution in [2.45, 2.75) is 6.92 Å². The Morgan fingerprint density at radius 1 is 1.37 bits per heavy atom. The van der Waals surface area contributed by atoms with E-state index in [1.54, 1.807) is 6.92 Å². The summed E-state index contributed by atoms with van der Waals surface area (Å²) >= 11 is 5.94. The number of anilines is 1. The van der Waals surface area contributed by atoms with E-state index in [2.05, 4.69) is 10.6 Å². The summed E-state index contributed by atoms with van der Waals surface area (Å²) in [7, 11) is 0. The van der Waals surface area contributed by atoms with Crippen LogP contribution >= 0.6 is 11.6 Å². The number of nitrogens with one attached hydrogen (secondary N) is 2. The first-order valence-electron chi connectivity index (χ1n) is 5.72. The number of benzene rings is 1. The van der Waals surface area contributed by atoms with Crippen LogP contribution < -0.4 is 10.6 Å². The van der Waals surface area contributed by atoms with Crippen molar-refractivity contribution in [2.75, 3.05) is 18.4 Å². The summed E-state index contributed by atoms with van der Waals surface area (Å²) in [6.07, 6.45) is 0. The molecule has 5 nitrogen and oxygen atoms in total. The van der Waals surface area contributed by atoms with Crippen molar-refractivity contribution in [2.24, 2.45) is 0 Å². The van der Waals surface area contributed by atoms with Gasteiger partial charge in [-0.3, -0.25) is 4.79 Å². The molecule has 2 rings (SSSR count). The lowest BCUT2D eigenvalue weighted by Crippen LogP contribution is -2.36. The zero-order chi connectivity index (χ0) is 14.0. The predicted octanol–water partition coefficient (Wildman–Crippen LogP) is 1.90. The standard InChI is InChI=1S/C13H13ClN2O3/c1-7(9-5-15-6-9)12(17)16-11-3-2-8(13(18)19)4-10(11)14/h2-4,15H,5-6H2,1H3,(H,16,17)(H,18,19). The Balaban J connectivity index is 2.15. The molecule has 0 saturated carbocycles. The fourth-order valence-corrected chi connectivity index (χ4v) is 1.87. The Morgan fingerprint density at radius 2 is 2.05 bits per heavy atom. The molecule has 1 aliphatic rings. The third-order valence-electron chi connectivity index (χ3n) is 3.01. The Bertz CT molecular complexity index is 575. The van der Waals surface area contributed by atoms with Crippen LogP contribution in [0.4, 0.5) is 5.69 Å². The van der Waals surface area contributed by atoms with Crippen LogP contribution in [0.2, 0.25) is 5.02 Å². The van der Waals surface area contributed by atoms with Crippen molar-refractivity contribution in [1.29, 1.82) is 0 Å². The molecule has 1 fully saturated rings. The van der Waals surface area contributed by atoms with E-state index in [0.29, 0.717) is 11.3 Å². The quantitative estimate of drug-likeness (QED) is 0.739. The van der Waals surface area contributed by atoms with Gasteiger partial charge in [0.1, 0.15) is 0 Å². The molecule has 0 bridgehead atoms. The molecule has 1 aromatic rings. The minimum absolute atomic E-state index is 0.0845. The maximum Gasteiger partial charge on any atom is 0.335 e. The Hall–Kier alpha value is -1.85. The molecule has 1 amide bonds. The Labute approximate surface area is 115 Å². The van der Waals surface area contributed by atoms with E-state index >= 15 is 0 Å². The minimum Gasteiger partial charge on any atom is -0.478 e. The van der Waals surface area contributed by atoms with E-state index in [4.69, 9.17) is 16.7 Å². The highest BCUT2D eigenvalue weighted by Crippen LogP contribution is 2.24. The van der Waals surface area contributed by atoms with E-state index in [1.165, 1.54) is 18.2 Å². The molecule has 0 aromatic heterocycles. The van der Waals surface area contributed by atoms with Crippen LogP contribution in [0.15, 0.2) is 29.3 Å². The molecule has 0 unspecified atom stereocenters. The van der Waals surface area contributed by atoms with Gasteiger partial charge in [-0.2, -0.15) is 0 Å². The smallest absolute Gasteiger partial charge is 0.335 e. The van der Waals surface area contributed by atoms with Crippen LogP contribution in [-0.4, -0.2) is 30.1 Å². The van der Waals surface area contributed by atoms with Gasteiger partial charge in [0.05, 0.1) is 16.3 Å². The highest BCUT2D eigenvalue weighted by atomic mass is 35.5. The molecule has 1 aliphatic heterocycles. The first-order valence-corrected chi connectivity index (χ1v) is 6.10. The number of aromatic carboxylic acids is 1. The lowest BCUT2D eigenvalue weighted by molar-refractivity contribution is -0.112. The molecule has 6 heteroatoms. The summed E-state index contributed by atoms with van der Waals surface area (Å²) in [5.41, 5.74) is 2.22. The molecule has 0 spiro atoms. The second-order valence-electron chi connectivity index (χ2n) is 4.29. The lowest BCUT2D eigenvalue weighted by atomic mass is 10.0. The molecule has 0 atom stereocenters. The van der Waals surface area contributed by atoms with E-state index in [9.17, 15) is 9.59 Å². The zero-order valence-corrected chi connectivity index (χ0v) is 11.0. The number of carbonyl (C=O) groups is 2. The fourth-order valence-electron chi connectivity index (χ4n) is 1.64. The largest absolute Gasteiger partial charge is 0.478 e. The maximum atomic E-state index is 11.9. The van der Waals surface area contributed by atoms with Crippen molar-refractivity contribution >= 4 is 29.2 Å². The number of carbonyl (C=O) groups excluding carboxylic acids is 1. The van der Waals surface area contributed by atoms with Crippen molar-refractivity contribution in [3.05, 3.63) is 39.9 Å². The molecular weight excluding hydrogens is 268 g/mol. The summed E-state index contributed by atoms with van der Waals surface area (Å²) in [6.45, 7) is 3.21. The average molecular weight is 281 g/mol. The third-order valence-corrected chi connectivity index (χ3v) is 3.32. The maximum absolute atomic E-state index is 11.9. The predicted molar refractivity (Wildman–Crippen MR) is 72.6 cm³/mol. The molecule has 0 aliphatic carbocycles. The summed E-state index contributed by atoms with van der Waals surface area (Å²) in [4.78, 5) is 22.7. The molecule has 100 valence electrons. The Kier molecular flexibility index (Phi) is 3.87. The normalized spacial score (nSPS) is 13.7. The van der Waals surface area contributed by atoms with Gasteiger partial charge in [0.25, 0.3) is 5.91 Å². The summed E-state index contributed by atoms with van der Waals surface area (Å²) in [5.74, 6) is -1.28. The summed E-state index contributed by atoms with van der Waals surface area (Å²) in [6, 6.07) is 4.20. The number of rotatable bonds is 3. The molecule has 19 heavy (non-hydrogen) atoms. The number of halogens is 1. The van der Waals surface area contributed by atoms with E-state index in [1.807, 2.05) is 0 Å². The van der Waals surface area contributed by atoms with Crippen molar-refractivity contribution in [3.63, 3.8) is 0 Å². The van der Waals surface area contributed by atoms with Gasteiger partial charge in [0.2, 0.25) is 0 Å². The highest BCUT2D eigenvalue weighted by Gasteiger charge is 2.17. The van der Waals surface area contributed by atoms with Crippen LogP contribution in [0, 0.1) is 0 Å². The van der Waals surface area contributed by atoms with Crippen molar-refractivity contribution < 1.29 is 14.7 Å². The molecule has 1 saturated heterocycles. The first kappa shape index (κ1) is 13.6. The van der Waals surface area contributed by atoms with Crippen LogP contribution in [0.3, 0.4) is 0 Å². The number of hydrogen-bond donors (Lipinski definition) is 3.